The lowest BCUT2D eigenvalue weighted by Crippen LogP contribution is -2.40. The maximum Gasteiger partial charge on any atom is 0.407 e. The number of carbonyl (C=O) groups excluding carboxylic acids is 2. The third-order valence-electron chi connectivity index (χ3n) is 6.60. The molecule has 9 heteroatoms. The van der Waals surface area contributed by atoms with Gasteiger partial charge >= 0.3 is 6.09 Å². The van der Waals surface area contributed by atoms with Crippen molar-refractivity contribution in [2.24, 2.45) is 11.8 Å². The van der Waals surface area contributed by atoms with Gasteiger partial charge in [0.15, 0.2) is 5.78 Å². The van der Waals surface area contributed by atoms with Crippen molar-refractivity contribution in [3.05, 3.63) is 63.9 Å². The van der Waals surface area contributed by atoms with Crippen LogP contribution in [0.5, 0.6) is 0 Å². The summed E-state index contributed by atoms with van der Waals surface area (Å²) in [5.74, 6) is -0.306. The van der Waals surface area contributed by atoms with Crippen LogP contribution in [0.1, 0.15) is 41.6 Å². The van der Waals surface area contributed by atoms with E-state index in [2.05, 4.69) is 5.32 Å². The molecule has 0 unspecified atom stereocenters. The van der Waals surface area contributed by atoms with Crippen molar-refractivity contribution in [3.8, 4) is 0 Å². The molecule has 1 saturated carbocycles. The highest BCUT2D eigenvalue weighted by molar-refractivity contribution is 7.23. The first kappa shape index (κ1) is 22.3. The molecular formula is C25H25N3O5S. The molecule has 176 valence electrons. The normalized spacial score (nSPS) is 16.5. The van der Waals surface area contributed by atoms with Gasteiger partial charge in [-0.1, -0.05) is 41.7 Å². The van der Waals surface area contributed by atoms with Crippen LogP contribution in [0.4, 0.5) is 9.80 Å². The summed E-state index contributed by atoms with van der Waals surface area (Å²) >= 11 is 1.26. The number of aromatic nitrogens is 1. The van der Waals surface area contributed by atoms with E-state index in [0.29, 0.717) is 64.7 Å². The van der Waals surface area contributed by atoms with Crippen molar-refractivity contribution >= 4 is 44.3 Å². The van der Waals surface area contributed by atoms with Gasteiger partial charge in [-0.05, 0) is 37.7 Å². The summed E-state index contributed by atoms with van der Waals surface area (Å²) in [6, 6.07) is 12.1. The van der Waals surface area contributed by atoms with Crippen LogP contribution < -0.4 is 10.9 Å². The van der Waals surface area contributed by atoms with Crippen LogP contribution in [0, 0.1) is 11.8 Å². The van der Waals surface area contributed by atoms with Gasteiger partial charge in [0, 0.05) is 42.6 Å². The highest BCUT2D eigenvalue weighted by atomic mass is 32.1. The number of rotatable bonds is 6. The third-order valence-corrected chi connectivity index (χ3v) is 7.75. The Kier molecular flexibility index (Phi) is 5.95. The Bertz CT molecular complexity index is 1320. The molecular weight excluding hydrogens is 454 g/mol. The molecule has 8 nitrogen and oxygen atoms in total. The molecule has 0 bridgehead atoms. The van der Waals surface area contributed by atoms with Crippen molar-refractivity contribution in [3.63, 3.8) is 0 Å². The number of likely N-dealkylation sites (tertiary alicyclic amines) is 1. The van der Waals surface area contributed by atoms with E-state index in [1.165, 1.54) is 22.3 Å². The second kappa shape index (κ2) is 9.06. The minimum Gasteiger partial charge on any atom is -0.465 e. The van der Waals surface area contributed by atoms with Gasteiger partial charge in [0.25, 0.3) is 5.56 Å². The Morgan fingerprint density at radius 1 is 1.00 bits per heavy atom. The number of nitrogens with zero attached hydrogens (tertiary/aromatic N) is 2. The fourth-order valence-electron chi connectivity index (χ4n) is 4.46. The van der Waals surface area contributed by atoms with Crippen molar-refractivity contribution in [2.45, 2.75) is 32.2 Å². The largest absolute Gasteiger partial charge is 0.465 e. The van der Waals surface area contributed by atoms with Crippen molar-refractivity contribution in [1.82, 2.24) is 9.47 Å². The zero-order valence-corrected chi connectivity index (χ0v) is 19.3. The first-order valence-electron chi connectivity index (χ1n) is 11.5. The van der Waals surface area contributed by atoms with E-state index in [-0.39, 0.29) is 23.2 Å². The number of hydrogen-bond acceptors (Lipinski definition) is 5. The van der Waals surface area contributed by atoms with Crippen molar-refractivity contribution in [1.29, 1.82) is 0 Å². The molecule has 0 radical (unpaired) electrons. The van der Waals surface area contributed by atoms with Gasteiger partial charge in [-0.15, -0.1) is 0 Å². The van der Waals surface area contributed by atoms with Crippen LogP contribution in [0.25, 0.3) is 10.2 Å². The van der Waals surface area contributed by atoms with Gasteiger partial charge in [-0.2, -0.15) is 0 Å². The van der Waals surface area contributed by atoms with Gasteiger partial charge in [0.1, 0.15) is 9.83 Å². The fourth-order valence-corrected chi connectivity index (χ4v) is 5.66. The lowest BCUT2D eigenvalue weighted by Gasteiger charge is -2.29. The number of fused-ring (bicyclic) bond motifs is 1. The summed E-state index contributed by atoms with van der Waals surface area (Å²) < 4.78 is 1.72. The minimum absolute atomic E-state index is 0.113. The van der Waals surface area contributed by atoms with Crippen LogP contribution in [-0.2, 0) is 11.3 Å². The molecule has 1 saturated heterocycles. The molecule has 2 N–H and O–H groups in total. The average molecular weight is 480 g/mol. The van der Waals surface area contributed by atoms with E-state index in [1.807, 2.05) is 6.07 Å². The summed E-state index contributed by atoms with van der Waals surface area (Å²) in [4.78, 5) is 52.5. The fraction of sp³-hybridized carbons (Fsp3) is 0.360. The number of benzene rings is 1. The lowest BCUT2D eigenvalue weighted by atomic mass is 9.96. The molecule has 2 aromatic heterocycles. The van der Waals surface area contributed by atoms with Gasteiger partial charge in [0.05, 0.1) is 5.56 Å². The van der Waals surface area contributed by atoms with E-state index in [4.69, 9.17) is 5.11 Å². The number of anilines is 1. The molecule has 2 fully saturated rings. The molecule has 1 aliphatic carbocycles. The molecule has 34 heavy (non-hydrogen) atoms. The van der Waals surface area contributed by atoms with E-state index >= 15 is 0 Å². The molecule has 5 rings (SSSR count). The Balaban J connectivity index is 1.52. The lowest BCUT2D eigenvalue weighted by molar-refractivity contribution is -0.121. The summed E-state index contributed by atoms with van der Waals surface area (Å²) in [5.41, 5.74) is 0.790. The van der Waals surface area contributed by atoms with Crippen molar-refractivity contribution in [2.75, 3.05) is 18.4 Å². The molecule has 2 amide bonds. The average Bonchev–Trinajstić information content (AvgIpc) is 3.60. The summed E-state index contributed by atoms with van der Waals surface area (Å²) in [7, 11) is 0. The molecule has 0 atom stereocenters. The Labute approximate surface area is 199 Å². The first-order valence-corrected chi connectivity index (χ1v) is 12.3. The van der Waals surface area contributed by atoms with Crippen LogP contribution in [-0.4, -0.2) is 45.4 Å². The summed E-state index contributed by atoms with van der Waals surface area (Å²) in [5, 5.41) is 13.2. The molecule has 0 spiro atoms. The zero-order chi connectivity index (χ0) is 23.8. The monoisotopic (exact) mass is 479 g/mol. The number of piperidine rings is 1. The highest BCUT2D eigenvalue weighted by Crippen LogP contribution is 2.39. The summed E-state index contributed by atoms with van der Waals surface area (Å²) in [6.07, 6.45) is 2.05. The molecule has 3 aromatic rings. The quantitative estimate of drug-likeness (QED) is 0.519. The standard InChI is InChI=1S/C25H25N3O5S/c29-19-9-8-18-20(21(30)16-4-2-1-3-5-16)23(34-24(18)28(19)14-15-6-7-15)26-22(31)17-10-12-27(13-11-17)25(32)33/h1-5,8-9,15,17H,6-7,10-14H2,(H,26,31)(H,32,33). The molecule has 1 aliphatic heterocycles. The van der Waals surface area contributed by atoms with E-state index in [1.54, 1.807) is 34.9 Å². The molecule has 2 aliphatic rings. The molecule has 1 aromatic carbocycles. The Morgan fingerprint density at radius 3 is 2.35 bits per heavy atom. The second-order valence-electron chi connectivity index (χ2n) is 8.98. The number of amides is 2. The first-order chi connectivity index (χ1) is 16.4. The van der Waals surface area contributed by atoms with Crippen LogP contribution in [0.3, 0.4) is 0 Å². The third kappa shape index (κ3) is 4.35. The number of carbonyl (C=O) groups is 3. The van der Waals surface area contributed by atoms with Gasteiger partial charge < -0.3 is 15.3 Å². The summed E-state index contributed by atoms with van der Waals surface area (Å²) in [6.45, 7) is 1.21. The number of nitrogens with one attached hydrogen (secondary N) is 1. The Hall–Kier alpha value is -3.46. The number of hydrogen-bond donors (Lipinski definition) is 2. The Morgan fingerprint density at radius 2 is 1.71 bits per heavy atom. The minimum atomic E-state index is -0.979. The predicted molar refractivity (Wildman–Crippen MR) is 130 cm³/mol. The topological polar surface area (TPSA) is 109 Å². The maximum absolute atomic E-state index is 13.5. The van der Waals surface area contributed by atoms with Gasteiger partial charge in [0.2, 0.25) is 5.91 Å². The van der Waals surface area contributed by atoms with Gasteiger partial charge in [-0.25, -0.2) is 4.79 Å². The second-order valence-corrected chi connectivity index (χ2v) is 9.98. The number of carboxylic acid groups (broad SMARTS) is 1. The zero-order valence-electron chi connectivity index (χ0n) is 18.5. The van der Waals surface area contributed by atoms with E-state index < -0.39 is 6.09 Å². The van der Waals surface area contributed by atoms with E-state index in [0.717, 1.165) is 12.8 Å². The van der Waals surface area contributed by atoms with Crippen LogP contribution >= 0.6 is 11.3 Å². The van der Waals surface area contributed by atoms with E-state index in [9.17, 15) is 19.2 Å². The highest BCUT2D eigenvalue weighted by Gasteiger charge is 2.30. The number of thiophene rings is 1. The van der Waals surface area contributed by atoms with Crippen LogP contribution in [0.15, 0.2) is 47.3 Å². The van der Waals surface area contributed by atoms with Gasteiger partial charge in [-0.3, -0.25) is 19.0 Å². The number of ketones is 1. The SMILES string of the molecule is O=C(c1ccccc1)c1c(NC(=O)C2CCN(C(=O)O)CC2)sc2c1ccc(=O)n2CC1CC1. The maximum atomic E-state index is 13.5. The molecule has 3 heterocycles. The van der Waals surface area contributed by atoms with Crippen molar-refractivity contribution < 1.29 is 19.5 Å². The smallest absolute Gasteiger partial charge is 0.407 e. The number of pyridine rings is 1. The van der Waals surface area contributed by atoms with Crippen LogP contribution in [0.2, 0.25) is 0 Å². The predicted octanol–water partition coefficient (Wildman–Crippen LogP) is 4.03.